The molecular formula is C15H13BrN2O2. The second-order valence-electron chi connectivity index (χ2n) is 4.52. The Labute approximate surface area is 124 Å². The fraction of sp³-hybridized carbons (Fsp3) is 0.133. The summed E-state index contributed by atoms with van der Waals surface area (Å²) in [5.41, 5.74) is 2.75. The van der Waals surface area contributed by atoms with Gasteiger partial charge in [0, 0.05) is 18.7 Å². The van der Waals surface area contributed by atoms with E-state index >= 15 is 0 Å². The summed E-state index contributed by atoms with van der Waals surface area (Å²) in [6, 6.07) is 11.2. The zero-order chi connectivity index (χ0) is 14.3. The maximum atomic E-state index is 9.81. The van der Waals surface area contributed by atoms with Gasteiger partial charge in [-0.05, 0) is 46.3 Å². The average molecular weight is 333 g/mol. The van der Waals surface area contributed by atoms with Crippen LogP contribution in [0.4, 0.5) is 0 Å². The highest BCUT2D eigenvalue weighted by Crippen LogP contribution is 2.31. The van der Waals surface area contributed by atoms with Crippen LogP contribution in [-0.4, -0.2) is 21.8 Å². The Morgan fingerprint density at radius 1 is 1.20 bits per heavy atom. The largest absolute Gasteiger partial charge is 0.507 e. The van der Waals surface area contributed by atoms with E-state index in [1.54, 1.807) is 13.2 Å². The normalized spacial score (nSPS) is 10.9. The molecule has 3 rings (SSSR count). The summed E-state index contributed by atoms with van der Waals surface area (Å²) in [6.07, 6.45) is 0. The molecular weight excluding hydrogens is 320 g/mol. The molecule has 2 aromatic carbocycles. The van der Waals surface area contributed by atoms with Crippen LogP contribution in [0.15, 0.2) is 40.9 Å². The number of phenolic OH excluding ortho intramolecular Hbond substituents is 1. The lowest BCUT2D eigenvalue weighted by molar-refractivity contribution is 0.415. The molecule has 0 aliphatic rings. The zero-order valence-corrected chi connectivity index (χ0v) is 12.7. The van der Waals surface area contributed by atoms with Crippen LogP contribution in [0.25, 0.3) is 22.4 Å². The number of methoxy groups -OCH3 is 1. The molecule has 0 aliphatic heterocycles. The average Bonchev–Trinajstić information content (AvgIpc) is 2.78. The molecule has 20 heavy (non-hydrogen) atoms. The lowest BCUT2D eigenvalue weighted by atomic mass is 10.2. The van der Waals surface area contributed by atoms with E-state index in [1.807, 2.05) is 41.9 Å². The fourth-order valence-electron chi connectivity index (χ4n) is 2.22. The molecule has 0 fully saturated rings. The number of aromatic hydroxyl groups is 1. The Kier molecular flexibility index (Phi) is 3.14. The predicted octanol–water partition coefficient (Wildman–Crippen LogP) is 3.72. The quantitative estimate of drug-likeness (QED) is 0.778. The van der Waals surface area contributed by atoms with E-state index in [0.717, 1.165) is 28.2 Å². The Bertz CT molecular complexity index is 796. The minimum Gasteiger partial charge on any atom is -0.507 e. The molecule has 5 heteroatoms. The number of aryl methyl sites for hydroxylation is 1. The van der Waals surface area contributed by atoms with Crippen LogP contribution < -0.4 is 4.74 Å². The number of halogens is 1. The third-order valence-corrected chi connectivity index (χ3v) is 3.96. The number of ether oxygens (including phenoxy) is 1. The molecule has 0 saturated heterocycles. The number of imidazole rings is 1. The second kappa shape index (κ2) is 4.83. The Morgan fingerprint density at radius 2 is 2.00 bits per heavy atom. The molecule has 0 unspecified atom stereocenters. The summed E-state index contributed by atoms with van der Waals surface area (Å²) in [4.78, 5) is 4.62. The molecule has 0 bridgehead atoms. The first kappa shape index (κ1) is 13.0. The maximum Gasteiger partial charge on any atom is 0.140 e. The second-order valence-corrected chi connectivity index (χ2v) is 5.37. The molecule has 1 N–H and O–H groups in total. The summed E-state index contributed by atoms with van der Waals surface area (Å²) in [5, 5.41) is 9.81. The van der Waals surface area contributed by atoms with Gasteiger partial charge in [0.15, 0.2) is 0 Å². The lowest BCUT2D eigenvalue weighted by Crippen LogP contribution is -1.92. The minimum atomic E-state index is 0.201. The van der Waals surface area contributed by atoms with Crippen LogP contribution in [-0.2, 0) is 7.05 Å². The summed E-state index contributed by atoms with van der Waals surface area (Å²) >= 11 is 3.28. The van der Waals surface area contributed by atoms with Gasteiger partial charge in [0.25, 0.3) is 0 Å². The first-order valence-electron chi connectivity index (χ1n) is 6.09. The Hall–Kier alpha value is -2.01. The van der Waals surface area contributed by atoms with Crippen LogP contribution in [0.1, 0.15) is 0 Å². The first-order chi connectivity index (χ1) is 9.60. The number of nitrogens with zero attached hydrogens (tertiary/aromatic N) is 2. The molecule has 102 valence electrons. The smallest absolute Gasteiger partial charge is 0.140 e. The molecule has 0 amide bonds. The van der Waals surface area contributed by atoms with Crippen molar-refractivity contribution < 1.29 is 9.84 Å². The highest BCUT2D eigenvalue weighted by Gasteiger charge is 2.11. The minimum absolute atomic E-state index is 0.201. The molecule has 3 aromatic rings. The molecule has 4 nitrogen and oxygen atoms in total. The van der Waals surface area contributed by atoms with Crippen molar-refractivity contribution in [2.75, 3.05) is 7.11 Å². The highest BCUT2D eigenvalue weighted by atomic mass is 79.9. The van der Waals surface area contributed by atoms with Crippen molar-refractivity contribution in [3.63, 3.8) is 0 Å². The van der Waals surface area contributed by atoms with Crippen LogP contribution in [0.3, 0.4) is 0 Å². The van der Waals surface area contributed by atoms with Crippen LogP contribution in [0.2, 0.25) is 0 Å². The van der Waals surface area contributed by atoms with Gasteiger partial charge >= 0.3 is 0 Å². The van der Waals surface area contributed by atoms with E-state index in [9.17, 15) is 5.11 Å². The van der Waals surface area contributed by atoms with Gasteiger partial charge in [-0.1, -0.05) is 0 Å². The summed E-state index contributed by atoms with van der Waals surface area (Å²) in [7, 11) is 3.59. The number of aromatic nitrogens is 2. The van der Waals surface area contributed by atoms with Gasteiger partial charge < -0.3 is 14.4 Å². The Morgan fingerprint density at radius 3 is 2.70 bits per heavy atom. The summed E-state index contributed by atoms with van der Waals surface area (Å²) in [6.45, 7) is 0. The maximum absolute atomic E-state index is 9.81. The molecule has 0 aliphatic carbocycles. The number of benzene rings is 2. The Balaban J connectivity index is 2.20. The van der Waals surface area contributed by atoms with E-state index in [1.165, 1.54) is 0 Å². The van der Waals surface area contributed by atoms with Gasteiger partial charge in [0.2, 0.25) is 0 Å². The van der Waals surface area contributed by atoms with Crippen molar-refractivity contribution in [1.29, 1.82) is 0 Å². The van der Waals surface area contributed by atoms with Gasteiger partial charge in [-0.25, -0.2) is 4.98 Å². The topological polar surface area (TPSA) is 47.3 Å². The van der Waals surface area contributed by atoms with E-state index in [0.29, 0.717) is 4.47 Å². The van der Waals surface area contributed by atoms with Crippen LogP contribution in [0, 0.1) is 0 Å². The monoisotopic (exact) mass is 332 g/mol. The molecule has 1 aromatic heterocycles. The lowest BCUT2D eigenvalue weighted by Gasteiger charge is -2.04. The summed E-state index contributed by atoms with van der Waals surface area (Å²) < 4.78 is 7.88. The van der Waals surface area contributed by atoms with E-state index < -0.39 is 0 Å². The van der Waals surface area contributed by atoms with Crippen molar-refractivity contribution in [3.05, 3.63) is 40.9 Å². The van der Waals surface area contributed by atoms with E-state index in [-0.39, 0.29) is 5.75 Å². The van der Waals surface area contributed by atoms with Gasteiger partial charge in [0.05, 0.1) is 22.6 Å². The van der Waals surface area contributed by atoms with Gasteiger partial charge in [-0.3, -0.25) is 0 Å². The zero-order valence-electron chi connectivity index (χ0n) is 11.1. The van der Waals surface area contributed by atoms with Crippen molar-refractivity contribution in [2.24, 2.45) is 7.05 Å². The number of hydrogen-bond donors (Lipinski definition) is 1. The molecule has 0 atom stereocenters. The standard InChI is InChI=1S/C15H13BrN2O2/c1-18-13-6-4-10(20-2)8-12(13)17-15(18)9-3-5-11(16)14(19)7-9/h3-8,19H,1-2H3. The molecule has 1 heterocycles. The third kappa shape index (κ3) is 2.04. The number of hydrogen-bond acceptors (Lipinski definition) is 3. The van der Waals surface area contributed by atoms with Gasteiger partial charge in [-0.2, -0.15) is 0 Å². The number of phenols is 1. The molecule has 0 radical (unpaired) electrons. The number of rotatable bonds is 2. The number of fused-ring (bicyclic) bond motifs is 1. The molecule has 0 spiro atoms. The van der Waals surface area contributed by atoms with E-state index in [4.69, 9.17) is 4.74 Å². The molecule has 0 saturated carbocycles. The van der Waals surface area contributed by atoms with E-state index in [2.05, 4.69) is 20.9 Å². The van der Waals surface area contributed by atoms with Crippen molar-refractivity contribution >= 4 is 27.0 Å². The van der Waals surface area contributed by atoms with Crippen molar-refractivity contribution in [1.82, 2.24) is 9.55 Å². The first-order valence-corrected chi connectivity index (χ1v) is 6.89. The predicted molar refractivity (Wildman–Crippen MR) is 82.1 cm³/mol. The summed E-state index contributed by atoms with van der Waals surface area (Å²) in [5.74, 6) is 1.78. The van der Waals surface area contributed by atoms with Crippen LogP contribution >= 0.6 is 15.9 Å². The van der Waals surface area contributed by atoms with Crippen LogP contribution in [0.5, 0.6) is 11.5 Å². The van der Waals surface area contributed by atoms with Gasteiger partial charge in [0.1, 0.15) is 17.3 Å². The SMILES string of the molecule is COc1ccc2c(c1)nc(-c1ccc(Br)c(O)c1)n2C. The fourth-order valence-corrected chi connectivity index (χ4v) is 2.46. The highest BCUT2D eigenvalue weighted by molar-refractivity contribution is 9.10. The van der Waals surface area contributed by atoms with Crippen molar-refractivity contribution in [2.45, 2.75) is 0 Å². The van der Waals surface area contributed by atoms with Crippen molar-refractivity contribution in [3.8, 4) is 22.9 Å². The third-order valence-electron chi connectivity index (χ3n) is 3.29. The van der Waals surface area contributed by atoms with Gasteiger partial charge in [-0.15, -0.1) is 0 Å².